The number of rotatable bonds is 1. The van der Waals surface area contributed by atoms with Crippen molar-refractivity contribution in [1.29, 1.82) is 0 Å². The van der Waals surface area contributed by atoms with Crippen LogP contribution >= 0.6 is 0 Å². The van der Waals surface area contributed by atoms with Gasteiger partial charge in [0.05, 0.1) is 6.10 Å². The molecule has 0 amide bonds. The van der Waals surface area contributed by atoms with Gasteiger partial charge in [0.15, 0.2) is 0 Å². The highest BCUT2D eigenvalue weighted by Crippen LogP contribution is 2.37. The average Bonchev–Trinajstić information content (AvgIpc) is 1.96. The molecule has 1 aromatic rings. The van der Waals surface area contributed by atoms with Crippen molar-refractivity contribution in [2.75, 3.05) is 0 Å². The molecule has 13 heavy (non-hydrogen) atoms. The predicted molar refractivity (Wildman–Crippen MR) is 44.3 cm³/mol. The number of hydrogen-bond acceptors (Lipinski definition) is 1. The Labute approximate surface area is 75.0 Å². The molecule has 0 atom stereocenters. The summed E-state index contributed by atoms with van der Waals surface area (Å²) in [6.45, 7) is 0. The van der Waals surface area contributed by atoms with Gasteiger partial charge in [0.25, 0.3) is 0 Å². The van der Waals surface area contributed by atoms with E-state index in [1.54, 1.807) is 0 Å². The molecule has 0 unspecified atom stereocenters. The van der Waals surface area contributed by atoms with Crippen molar-refractivity contribution in [3.8, 4) is 0 Å². The summed E-state index contributed by atoms with van der Waals surface area (Å²) in [5.74, 6) is -0.965. The van der Waals surface area contributed by atoms with E-state index in [1.165, 1.54) is 12.1 Å². The molecule has 0 aliphatic heterocycles. The Balaban J connectivity index is 2.21. The van der Waals surface area contributed by atoms with Crippen LogP contribution in [0, 0.1) is 11.6 Å². The van der Waals surface area contributed by atoms with Crippen molar-refractivity contribution in [2.45, 2.75) is 24.9 Å². The lowest BCUT2D eigenvalue weighted by Crippen LogP contribution is -2.26. The molecule has 0 spiro atoms. The highest BCUT2D eigenvalue weighted by Gasteiger charge is 2.28. The molecular formula is C10H10F2O. The van der Waals surface area contributed by atoms with Crippen LogP contribution in [0.2, 0.25) is 0 Å². The van der Waals surface area contributed by atoms with Gasteiger partial charge in [0, 0.05) is 6.07 Å². The molecule has 0 aromatic heterocycles. The van der Waals surface area contributed by atoms with E-state index in [0.29, 0.717) is 18.4 Å². The summed E-state index contributed by atoms with van der Waals surface area (Å²) in [7, 11) is 0. The second-order valence-electron chi connectivity index (χ2n) is 3.52. The molecule has 2 rings (SSSR count). The van der Waals surface area contributed by atoms with E-state index < -0.39 is 11.6 Å². The Hall–Kier alpha value is -0.960. The zero-order valence-electron chi connectivity index (χ0n) is 7.00. The highest BCUT2D eigenvalue weighted by atomic mass is 19.1. The Kier molecular flexibility index (Phi) is 2.04. The van der Waals surface area contributed by atoms with Crippen LogP contribution in [0.1, 0.15) is 24.3 Å². The average molecular weight is 184 g/mol. The summed E-state index contributed by atoms with van der Waals surface area (Å²) >= 11 is 0. The van der Waals surface area contributed by atoms with Gasteiger partial charge in [-0.25, -0.2) is 8.78 Å². The van der Waals surface area contributed by atoms with E-state index in [-0.39, 0.29) is 12.0 Å². The third kappa shape index (κ3) is 1.70. The minimum absolute atomic E-state index is 0.125. The van der Waals surface area contributed by atoms with Crippen LogP contribution in [0.4, 0.5) is 8.78 Å². The molecule has 0 radical (unpaired) electrons. The molecular weight excluding hydrogens is 174 g/mol. The van der Waals surface area contributed by atoms with Gasteiger partial charge in [-0.1, -0.05) is 0 Å². The maximum Gasteiger partial charge on any atom is 0.126 e. The van der Waals surface area contributed by atoms with Gasteiger partial charge in [0.2, 0.25) is 0 Å². The lowest BCUT2D eigenvalue weighted by molar-refractivity contribution is 0.0744. The Bertz CT molecular complexity index is 298. The van der Waals surface area contributed by atoms with E-state index >= 15 is 0 Å². The Morgan fingerprint density at radius 3 is 2.08 bits per heavy atom. The fourth-order valence-electron chi connectivity index (χ4n) is 1.67. The van der Waals surface area contributed by atoms with Gasteiger partial charge in [-0.3, -0.25) is 0 Å². The minimum atomic E-state index is -0.545. The summed E-state index contributed by atoms with van der Waals surface area (Å²) in [6, 6.07) is 3.53. The summed E-state index contributed by atoms with van der Waals surface area (Å²) < 4.78 is 25.5. The molecule has 1 saturated carbocycles. The van der Waals surface area contributed by atoms with Gasteiger partial charge in [0.1, 0.15) is 11.6 Å². The largest absolute Gasteiger partial charge is 0.393 e. The van der Waals surface area contributed by atoms with Crippen LogP contribution in [0.3, 0.4) is 0 Å². The quantitative estimate of drug-likeness (QED) is 0.709. The van der Waals surface area contributed by atoms with E-state index in [4.69, 9.17) is 5.11 Å². The van der Waals surface area contributed by atoms with Crippen LogP contribution in [0.15, 0.2) is 18.2 Å². The maximum absolute atomic E-state index is 12.7. The van der Waals surface area contributed by atoms with Crippen molar-refractivity contribution in [1.82, 2.24) is 0 Å². The molecule has 1 N–H and O–H groups in total. The van der Waals surface area contributed by atoms with Crippen LogP contribution in [0.25, 0.3) is 0 Å². The fraction of sp³-hybridized carbons (Fsp3) is 0.400. The smallest absolute Gasteiger partial charge is 0.126 e. The number of hydrogen-bond donors (Lipinski definition) is 1. The predicted octanol–water partition coefficient (Wildman–Crippen LogP) is 2.20. The second kappa shape index (κ2) is 3.07. The van der Waals surface area contributed by atoms with Crippen molar-refractivity contribution in [3.63, 3.8) is 0 Å². The first-order valence-corrected chi connectivity index (χ1v) is 4.29. The molecule has 3 heteroatoms. The standard InChI is InChI=1S/C10H10F2O/c11-8-1-6(2-9(12)5-8)7-3-10(13)4-7/h1-2,5,7,10,13H,3-4H2. The van der Waals surface area contributed by atoms with Crippen LogP contribution in [0.5, 0.6) is 0 Å². The van der Waals surface area contributed by atoms with E-state index in [9.17, 15) is 8.78 Å². The molecule has 1 nitrogen and oxygen atoms in total. The summed E-state index contributed by atoms with van der Waals surface area (Å²) in [4.78, 5) is 0. The van der Waals surface area contributed by atoms with Crippen molar-refractivity contribution in [2.24, 2.45) is 0 Å². The third-order valence-corrected chi connectivity index (χ3v) is 2.47. The lowest BCUT2D eigenvalue weighted by atomic mass is 9.78. The maximum atomic E-state index is 12.7. The summed E-state index contributed by atoms with van der Waals surface area (Å²) in [5.41, 5.74) is 0.655. The first kappa shape index (κ1) is 8.63. The molecule has 0 bridgehead atoms. The summed E-state index contributed by atoms with van der Waals surface area (Å²) in [6.07, 6.45) is 0.933. The lowest BCUT2D eigenvalue weighted by Gasteiger charge is -2.31. The Morgan fingerprint density at radius 1 is 1.08 bits per heavy atom. The number of halogens is 2. The zero-order valence-corrected chi connectivity index (χ0v) is 7.00. The molecule has 0 saturated heterocycles. The molecule has 1 aromatic carbocycles. The molecule has 70 valence electrons. The van der Waals surface area contributed by atoms with Crippen LogP contribution < -0.4 is 0 Å². The topological polar surface area (TPSA) is 20.2 Å². The van der Waals surface area contributed by atoms with Crippen molar-refractivity contribution < 1.29 is 13.9 Å². The van der Waals surface area contributed by atoms with Gasteiger partial charge >= 0.3 is 0 Å². The first-order chi connectivity index (χ1) is 6.15. The van der Waals surface area contributed by atoms with Crippen LogP contribution in [-0.2, 0) is 0 Å². The van der Waals surface area contributed by atoms with E-state index in [1.807, 2.05) is 0 Å². The van der Waals surface area contributed by atoms with Crippen molar-refractivity contribution in [3.05, 3.63) is 35.4 Å². The Morgan fingerprint density at radius 2 is 1.62 bits per heavy atom. The minimum Gasteiger partial charge on any atom is -0.393 e. The molecule has 1 aliphatic rings. The van der Waals surface area contributed by atoms with E-state index in [2.05, 4.69) is 0 Å². The third-order valence-electron chi connectivity index (χ3n) is 2.47. The van der Waals surface area contributed by atoms with Crippen LogP contribution in [-0.4, -0.2) is 11.2 Å². The number of aliphatic hydroxyl groups excluding tert-OH is 1. The molecule has 1 fully saturated rings. The van der Waals surface area contributed by atoms with Gasteiger partial charge in [-0.2, -0.15) is 0 Å². The summed E-state index contributed by atoms with van der Waals surface area (Å²) in [5, 5.41) is 9.03. The fourth-order valence-corrected chi connectivity index (χ4v) is 1.67. The number of aliphatic hydroxyl groups is 1. The zero-order chi connectivity index (χ0) is 9.42. The first-order valence-electron chi connectivity index (χ1n) is 4.29. The van der Waals surface area contributed by atoms with E-state index in [0.717, 1.165) is 6.07 Å². The van der Waals surface area contributed by atoms with Gasteiger partial charge in [-0.05, 0) is 36.5 Å². The SMILES string of the molecule is OC1CC(c2cc(F)cc(F)c2)C1. The second-order valence-corrected chi connectivity index (χ2v) is 3.52. The van der Waals surface area contributed by atoms with Gasteiger partial charge in [-0.15, -0.1) is 0 Å². The number of benzene rings is 1. The molecule has 1 aliphatic carbocycles. The highest BCUT2D eigenvalue weighted by molar-refractivity contribution is 5.24. The molecule has 0 heterocycles. The van der Waals surface area contributed by atoms with Gasteiger partial charge < -0.3 is 5.11 Å². The van der Waals surface area contributed by atoms with Crippen molar-refractivity contribution >= 4 is 0 Å². The monoisotopic (exact) mass is 184 g/mol. The normalized spacial score (nSPS) is 27.0.